The lowest BCUT2D eigenvalue weighted by Crippen LogP contribution is -2.50. The van der Waals surface area contributed by atoms with E-state index in [9.17, 15) is 18.0 Å². The monoisotopic (exact) mass is 354 g/mol. The summed E-state index contributed by atoms with van der Waals surface area (Å²) >= 11 is 0. The van der Waals surface area contributed by atoms with Crippen molar-refractivity contribution >= 4 is 21.9 Å². The summed E-state index contributed by atoms with van der Waals surface area (Å²) in [5.41, 5.74) is 0.897. The number of hydrogen-bond donors (Lipinski definition) is 0. The Kier molecular flexibility index (Phi) is 6.33. The van der Waals surface area contributed by atoms with Gasteiger partial charge >= 0.3 is 5.97 Å². The third-order valence-corrected chi connectivity index (χ3v) is 5.15. The Bertz CT molecular complexity index is 667. The zero-order valence-corrected chi connectivity index (χ0v) is 14.5. The van der Waals surface area contributed by atoms with Crippen molar-refractivity contribution < 1.29 is 22.7 Å². The SMILES string of the molecule is CS(=O)(=O)N1CCN(C(=O)CCC(=O)OCc2ccccc2)CC1. The molecule has 0 unspecified atom stereocenters. The van der Waals surface area contributed by atoms with Crippen molar-refractivity contribution in [3.05, 3.63) is 35.9 Å². The van der Waals surface area contributed by atoms with E-state index in [1.54, 1.807) is 4.90 Å². The Morgan fingerprint density at radius 1 is 1.04 bits per heavy atom. The van der Waals surface area contributed by atoms with E-state index in [1.807, 2.05) is 30.3 Å². The van der Waals surface area contributed by atoms with E-state index in [1.165, 1.54) is 4.31 Å². The number of carbonyl (C=O) groups is 2. The van der Waals surface area contributed by atoms with Crippen molar-refractivity contribution in [2.24, 2.45) is 0 Å². The summed E-state index contributed by atoms with van der Waals surface area (Å²) in [6.45, 7) is 1.49. The van der Waals surface area contributed by atoms with Crippen molar-refractivity contribution in [3.63, 3.8) is 0 Å². The number of amides is 1. The molecule has 0 saturated carbocycles. The van der Waals surface area contributed by atoms with Crippen LogP contribution in [0, 0.1) is 0 Å². The summed E-state index contributed by atoms with van der Waals surface area (Å²) in [6.07, 6.45) is 1.26. The van der Waals surface area contributed by atoms with Crippen LogP contribution in [0.15, 0.2) is 30.3 Å². The van der Waals surface area contributed by atoms with Gasteiger partial charge in [-0.15, -0.1) is 0 Å². The molecule has 1 aromatic rings. The zero-order chi connectivity index (χ0) is 17.6. The first-order chi connectivity index (χ1) is 11.4. The number of hydrogen-bond acceptors (Lipinski definition) is 5. The van der Waals surface area contributed by atoms with Crippen LogP contribution in [-0.2, 0) is 31.0 Å². The van der Waals surface area contributed by atoms with Crippen molar-refractivity contribution in [3.8, 4) is 0 Å². The van der Waals surface area contributed by atoms with E-state index in [0.29, 0.717) is 26.2 Å². The van der Waals surface area contributed by atoms with Crippen LogP contribution in [0.2, 0.25) is 0 Å². The molecule has 0 spiro atoms. The third-order valence-electron chi connectivity index (χ3n) is 3.85. The molecule has 7 nitrogen and oxygen atoms in total. The fourth-order valence-corrected chi connectivity index (χ4v) is 3.27. The molecule has 8 heteroatoms. The Hall–Kier alpha value is -1.93. The average molecular weight is 354 g/mol. The van der Waals surface area contributed by atoms with E-state index in [0.717, 1.165) is 11.8 Å². The summed E-state index contributed by atoms with van der Waals surface area (Å²) < 4.78 is 29.3. The molecule has 0 radical (unpaired) electrons. The standard InChI is InChI=1S/C16H22N2O5S/c1-24(21,22)18-11-9-17(10-12-18)15(19)7-8-16(20)23-13-14-5-3-2-4-6-14/h2-6H,7-13H2,1H3. The highest BCUT2D eigenvalue weighted by atomic mass is 32.2. The van der Waals surface area contributed by atoms with Gasteiger partial charge in [0.25, 0.3) is 0 Å². The van der Waals surface area contributed by atoms with Gasteiger partial charge < -0.3 is 9.64 Å². The summed E-state index contributed by atoms with van der Waals surface area (Å²) in [5.74, 6) is -0.568. The van der Waals surface area contributed by atoms with Crippen LogP contribution < -0.4 is 0 Å². The van der Waals surface area contributed by atoms with Crippen molar-refractivity contribution in [1.82, 2.24) is 9.21 Å². The van der Waals surface area contributed by atoms with Gasteiger partial charge in [-0.05, 0) is 5.56 Å². The molecule has 132 valence electrons. The minimum atomic E-state index is -3.21. The van der Waals surface area contributed by atoms with E-state index < -0.39 is 16.0 Å². The quantitative estimate of drug-likeness (QED) is 0.699. The van der Waals surface area contributed by atoms with E-state index >= 15 is 0 Å². The van der Waals surface area contributed by atoms with E-state index in [4.69, 9.17) is 4.74 Å². The van der Waals surface area contributed by atoms with Crippen LogP contribution in [0.5, 0.6) is 0 Å². The summed E-state index contributed by atoms with van der Waals surface area (Å²) in [5, 5.41) is 0. The summed E-state index contributed by atoms with van der Waals surface area (Å²) in [4.78, 5) is 25.4. The first kappa shape index (κ1) is 18.4. The smallest absolute Gasteiger partial charge is 0.306 e. The molecule has 1 amide bonds. The molecule has 1 aromatic carbocycles. The van der Waals surface area contributed by atoms with Gasteiger partial charge in [0, 0.05) is 32.6 Å². The van der Waals surface area contributed by atoms with Gasteiger partial charge in [0.1, 0.15) is 6.61 Å². The highest BCUT2D eigenvalue weighted by Gasteiger charge is 2.26. The maximum absolute atomic E-state index is 12.1. The van der Waals surface area contributed by atoms with Crippen LogP contribution in [-0.4, -0.2) is 61.9 Å². The van der Waals surface area contributed by atoms with Gasteiger partial charge in [-0.1, -0.05) is 30.3 Å². The predicted molar refractivity (Wildman–Crippen MR) is 88.5 cm³/mol. The molecule has 1 fully saturated rings. The molecular weight excluding hydrogens is 332 g/mol. The number of rotatable bonds is 6. The largest absolute Gasteiger partial charge is 0.461 e. The lowest BCUT2D eigenvalue weighted by Gasteiger charge is -2.33. The molecule has 24 heavy (non-hydrogen) atoms. The summed E-state index contributed by atoms with van der Waals surface area (Å²) in [7, 11) is -3.21. The van der Waals surface area contributed by atoms with Crippen molar-refractivity contribution in [1.29, 1.82) is 0 Å². The topological polar surface area (TPSA) is 84.0 Å². The third kappa shape index (κ3) is 5.61. The molecule has 0 aliphatic carbocycles. The number of ether oxygens (including phenoxy) is 1. The van der Waals surface area contributed by atoms with Crippen molar-refractivity contribution in [2.75, 3.05) is 32.4 Å². The van der Waals surface area contributed by atoms with Crippen LogP contribution in [0.3, 0.4) is 0 Å². The second-order valence-electron chi connectivity index (χ2n) is 5.69. The molecule has 0 aromatic heterocycles. The molecule has 2 rings (SSSR count). The van der Waals surface area contributed by atoms with Crippen LogP contribution in [0.4, 0.5) is 0 Å². The average Bonchev–Trinajstić information content (AvgIpc) is 2.58. The number of nitrogens with zero attached hydrogens (tertiary/aromatic N) is 2. The van der Waals surface area contributed by atoms with Gasteiger partial charge in [0.2, 0.25) is 15.9 Å². The molecule has 0 atom stereocenters. The van der Waals surface area contributed by atoms with Gasteiger partial charge in [0.05, 0.1) is 12.7 Å². The van der Waals surface area contributed by atoms with Gasteiger partial charge in [-0.3, -0.25) is 9.59 Å². The highest BCUT2D eigenvalue weighted by Crippen LogP contribution is 2.09. The number of sulfonamides is 1. The van der Waals surface area contributed by atoms with Crippen LogP contribution in [0.25, 0.3) is 0 Å². The number of benzene rings is 1. The summed E-state index contributed by atoms with van der Waals surface area (Å²) in [6, 6.07) is 9.33. The number of carbonyl (C=O) groups excluding carboxylic acids is 2. The molecule has 0 N–H and O–H groups in total. The predicted octanol–water partition coefficient (Wildman–Crippen LogP) is 0.614. The molecule has 1 aliphatic rings. The van der Waals surface area contributed by atoms with Crippen molar-refractivity contribution in [2.45, 2.75) is 19.4 Å². The fourth-order valence-electron chi connectivity index (χ4n) is 2.45. The van der Waals surface area contributed by atoms with E-state index in [2.05, 4.69) is 0 Å². The first-order valence-corrected chi connectivity index (χ1v) is 9.63. The lowest BCUT2D eigenvalue weighted by atomic mass is 10.2. The molecule has 1 saturated heterocycles. The minimum absolute atomic E-state index is 0.0258. The Morgan fingerprint density at radius 3 is 2.25 bits per heavy atom. The minimum Gasteiger partial charge on any atom is -0.461 e. The second-order valence-corrected chi connectivity index (χ2v) is 7.67. The van der Waals surface area contributed by atoms with Crippen LogP contribution >= 0.6 is 0 Å². The van der Waals surface area contributed by atoms with Gasteiger partial charge in [-0.25, -0.2) is 8.42 Å². The fraction of sp³-hybridized carbons (Fsp3) is 0.500. The number of piperazine rings is 1. The number of esters is 1. The second kappa shape index (κ2) is 8.25. The zero-order valence-electron chi connectivity index (χ0n) is 13.7. The van der Waals surface area contributed by atoms with Gasteiger partial charge in [-0.2, -0.15) is 4.31 Å². The highest BCUT2D eigenvalue weighted by molar-refractivity contribution is 7.88. The Morgan fingerprint density at radius 2 is 1.67 bits per heavy atom. The molecule has 1 heterocycles. The van der Waals surface area contributed by atoms with Crippen LogP contribution in [0.1, 0.15) is 18.4 Å². The first-order valence-electron chi connectivity index (χ1n) is 7.79. The van der Waals surface area contributed by atoms with Gasteiger partial charge in [0.15, 0.2) is 0 Å². The Labute approximate surface area is 142 Å². The Balaban J connectivity index is 1.69. The maximum Gasteiger partial charge on any atom is 0.306 e. The van der Waals surface area contributed by atoms with E-state index in [-0.39, 0.29) is 25.4 Å². The molecule has 0 bridgehead atoms. The lowest BCUT2D eigenvalue weighted by molar-refractivity contribution is -0.147. The maximum atomic E-state index is 12.1. The molecular formula is C16H22N2O5S. The normalized spacial score (nSPS) is 16.0. The molecule has 1 aliphatic heterocycles.